The van der Waals surface area contributed by atoms with E-state index >= 15 is 0 Å². The molecule has 4 rings (SSSR count). The Morgan fingerprint density at radius 3 is 2.24 bits per heavy atom. The number of Topliss-reactive ketones (excluding diaryl/α,β-unsaturated/α-hetero) is 1. The maximum Gasteiger partial charge on any atom is 0.222 e. The average molecular weight is 337 g/mol. The van der Waals surface area contributed by atoms with Crippen molar-refractivity contribution in [3.63, 3.8) is 0 Å². The summed E-state index contributed by atoms with van der Waals surface area (Å²) < 4.78 is 12.7. The van der Waals surface area contributed by atoms with E-state index in [-0.39, 0.29) is 12.1 Å². The van der Waals surface area contributed by atoms with Gasteiger partial charge in [-0.05, 0) is 6.42 Å². The second-order valence-corrected chi connectivity index (χ2v) is 6.78. The Kier molecular flexibility index (Phi) is 4.66. The first-order chi connectivity index (χ1) is 12.3. The lowest BCUT2D eigenvalue weighted by molar-refractivity contribution is -0.144. The Balaban J connectivity index is 1.58. The minimum atomic E-state index is -0.869. The standard InChI is InChI=1S/C21H23NO3/c23-19-11-12-22-18(13-19)14-20-15-24-21(25-20,16-7-3-1-4-8-16)17-9-5-2-6-10-17/h1-10,18,20,22H,11-15H2/t18-,20+/m1/s1. The third-order valence-electron chi connectivity index (χ3n) is 4.97. The summed E-state index contributed by atoms with van der Waals surface area (Å²) in [7, 11) is 0. The molecule has 0 bridgehead atoms. The van der Waals surface area contributed by atoms with Crippen molar-refractivity contribution < 1.29 is 14.3 Å². The van der Waals surface area contributed by atoms with Gasteiger partial charge in [-0.3, -0.25) is 4.79 Å². The maximum absolute atomic E-state index is 11.7. The van der Waals surface area contributed by atoms with E-state index < -0.39 is 5.79 Å². The normalized spacial score (nSPS) is 25.8. The lowest BCUT2D eigenvalue weighted by Gasteiger charge is -2.30. The SMILES string of the molecule is O=C1CCN[C@@H](C[C@H]2COC(c3ccccc3)(c3ccccc3)O2)C1. The Bertz CT molecular complexity index is 677. The van der Waals surface area contributed by atoms with Gasteiger partial charge in [-0.15, -0.1) is 0 Å². The molecular weight excluding hydrogens is 314 g/mol. The van der Waals surface area contributed by atoms with Gasteiger partial charge in [0.2, 0.25) is 5.79 Å². The van der Waals surface area contributed by atoms with Crippen LogP contribution in [0.2, 0.25) is 0 Å². The molecule has 0 aliphatic carbocycles. The molecule has 0 spiro atoms. The van der Waals surface area contributed by atoms with Gasteiger partial charge in [-0.1, -0.05) is 60.7 Å². The van der Waals surface area contributed by atoms with Crippen molar-refractivity contribution in [2.75, 3.05) is 13.2 Å². The molecular formula is C21H23NO3. The van der Waals surface area contributed by atoms with Crippen LogP contribution >= 0.6 is 0 Å². The highest BCUT2D eigenvalue weighted by molar-refractivity contribution is 5.79. The Morgan fingerprint density at radius 1 is 1.00 bits per heavy atom. The molecule has 2 aromatic carbocycles. The molecule has 2 fully saturated rings. The second-order valence-electron chi connectivity index (χ2n) is 6.78. The molecule has 4 heteroatoms. The van der Waals surface area contributed by atoms with Gasteiger partial charge in [0.15, 0.2) is 0 Å². The molecule has 0 unspecified atom stereocenters. The van der Waals surface area contributed by atoms with Crippen molar-refractivity contribution in [3.05, 3.63) is 71.8 Å². The van der Waals surface area contributed by atoms with Gasteiger partial charge in [-0.2, -0.15) is 0 Å². The monoisotopic (exact) mass is 337 g/mol. The fourth-order valence-corrected chi connectivity index (χ4v) is 3.76. The number of ketones is 1. The fraction of sp³-hybridized carbons (Fsp3) is 0.381. The molecule has 25 heavy (non-hydrogen) atoms. The number of carbonyl (C=O) groups is 1. The van der Waals surface area contributed by atoms with E-state index in [1.165, 1.54) is 0 Å². The molecule has 130 valence electrons. The highest BCUT2D eigenvalue weighted by Gasteiger charge is 2.45. The maximum atomic E-state index is 11.7. The third kappa shape index (κ3) is 3.38. The van der Waals surface area contributed by atoms with Gasteiger partial charge in [0.25, 0.3) is 0 Å². The van der Waals surface area contributed by atoms with Gasteiger partial charge < -0.3 is 14.8 Å². The van der Waals surface area contributed by atoms with Crippen molar-refractivity contribution in [2.45, 2.75) is 37.2 Å². The quantitative estimate of drug-likeness (QED) is 0.932. The van der Waals surface area contributed by atoms with E-state index in [1.54, 1.807) is 0 Å². The molecule has 0 amide bonds. The van der Waals surface area contributed by atoms with E-state index in [2.05, 4.69) is 5.32 Å². The van der Waals surface area contributed by atoms with E-state index in [4.69, 9.17) is 9.47 Å². The molecule has 4 nitrogen and oxygen atoms in total. The van der Waals surface area contributed by atoms with Gasteiger partial charge in [-0.25, -0.2) is 0 Å². The van der Waals surface area contributed by atoms with Crippen LogP contribution in [0.1, 0.15) is 30.4 Å². The summed E-state index contributed by atoms with van der Waals surface area (Å²) in [6.45, 7) is 1.29. The van der Waals surface area contributed by atoms with Crippen LogP contribution in [0.4, 0.5) is 0 Å². The van der Waals surface area contributed by atoms with Crippen molar-refractivity contribution in [2.24, 2.45) is 0 Å². The Morgan fingerprint density at radius 2 is 1.64 bits per heavy atom. The molecule has 1 N–H and O–H groups in total. The van der Waals surface area contributed by atoms with Crippen molar-refractivity contribution in [1.29, 1.82) is 0 Å². The van der Waals surface area contributed by atoms with Gasteiger partial charge in [0.1, 0.15) is 5.78 Å². The largest absolute Gasteiger partial charge is 0.339 e. The molecule has 0 radical (unpaired) electrons. The van der Waals surface area contributed by atoms with Crippen LogP contribution in [0.15, 0.2) is 60.7 Å². The fourth-order valence-electron chi connectivity index (χ4n) is 3.76. The number of ether oxygens (including phenoxy) is 2. The van der Waals surface area contributed by atoms with Crippen molar-refractivity contribution >= 4 is 5.78 Å². The molecule has 2 aliphatic rings. The van der Waals surface area contributed by atoms with Gasteiger partial charge >= 0.3 is 0 Å². The minimum Gasteiger partial charge on any atom is -0.339 e. The molecule has 2 aromatic rings. The summed E-state index contributed by atoms with van der Waals surface area (Å²) in [5, 5.41) is 3.43. The lowest BCUT2D eigenvalue weighted by Crippen LogP contribution is -2.41. The number of carbonyl (C=O) groups excluding carboxylic acids is 1. The first kappa shape index (κ1) is 16.5. The minimum absolute atomic E-state index is 0.0381. The smallest absolute Gasteiger partial charge is 0.222 e. The molecule has 0 aromatic heterocycles. The molecule has 2 heterocycles. The second kappa shape index (κ2) is 7.08. The molecule has 2 aliphatic heterocycles. The zero-order valence-electron chi connectivity index (χ0n) is 14.2. The number of hydrogen-bond donors (Lipinski definition) is 1. The number of nitrogens with one attached hydrogen (secondary N) is 1. The predicted molar refractivity (Wildman–Crippen MR) is 95.1 cm³/mol. The summed E-state index contributed by atoms with van der Waals surface area (Å²) >= 11 is 0. The van der Waals surface area contributed by atoms with Crippen LogP contribution in [-0.4, -0.2) is 31.1 Å². The van der Waals surface area contributed by atoms with Crippen LogP contribution in [0.5, 0.6) is 0 Å². The van der Waals surface area contributed by atoms with Gasteiger partial charge in [0, 0.05) is 36.6 Å². The van der Waals surface area contributed by atoms with E-state index in [0.29, 0.717) is 25.2 Å². The molecule has 2 saturated heterocycles. The number of piperidine rings is 1. The number of benzene rings is 2. The van der Waals surface area contributed by atoms with Gasteiger partial charge in [0.05, 0.1) is 12.7 Å². The third-order valence-corrected chi connectivity index (χ3v) is 4.97. The van der Waals surface area contributed by atoms with E-state index in [0.717, 1.165) is 24.1 Å². The summed E-state index contributed by atoms with van der Waals surface area (Å²) in [5.41, 5.74) is 1.99. The summed E-state index contributed by atoms with van der Waals surface area (Å²) in [6.07, 6.45) is 1.97. The Labute approximate surface area is 148 Å². The Hall–Kier alpha value is -2.01. The molecule has 0 saturated carbocycles. The topological polar surface area (TPSA) is 47.6 Å². The van der Waals surface area contributed by atoms with Crippen LogP contribution in [-0.2, 0) is 20.1 Å². The highest BCUT2D eigenvalue weighted by atomic mass is 16.7. The van der Waals surface area contributed by atoms with Crippen LogP contribution in [0, 0.1) is 0 Å². The zero-order chi connectivity index (χ0) is 17.1. The molecule has 2 atom stereocenters. The highest BCUT2D eigenvalue weighted by Crippen LogP contribution is 2.41. The summed E-state index contributed by atoms with van der Waals surface area (Å²) in [5.74, 6) is -0.536. The average Bonchev–Trinajstić information content (AvgIpc) is 3.08. The summed E-state index contributed by atoms with van der Waals surface area (Å²) in [6, 6.07) is 20.3. The first-order valence-electron chi connectivity index (χ1n) is 8.94. The van der Waals surface area contributed by atoms with Crippen LogP contribution in [0.25, 0.3) is 0 Å². The number of hydrogen-bond acceptors (Lipinski definition) is 4. The van der Waals surface area contributed by atoms with Crippen LogP contribution < -0.4 is 5.32 Å². The summed E-state index contributed by atoms with van der Waals surface area (Å²) in [4.78, 5) is 11.7. The van der Waals surface area contributed by atoms with E-state index in [9.17, 15) is 4.79 Å². The first-order valence-corrected chi connectivity index (χ1v) is 8.94. The van der Waals surface area contributed by atoms with E-state index in [1.807, 2.05) is 60.7 Å². The van der Waals surface area contributed by atoms with Crippen LogP contribution in [0.3, 0.4) is 0 Å². The van der Waals surface area contributed by atoms with Crippen molar-refractivity contribution in [3.8, 4) is 0 Å². The predicted octanol–water partition coefficient (Wildman–Crippen LogP) is 3.01. The zero-order valence-corrected chi connectivity index (χ0v) is 14.2. The lowest BCUT2D eigenvalue weighted by atomic mass is 9.97. The number of rotatable bonds is 4. The van der Waals surface area contributed by atoms with Crippen molar-refractivity contribution in [1.82, 2.24) is 5.32 Å².